The summed E-state index contributed by atoms with van der Waals surface area (Å²) in [5.41, 5.74) is -18.9. The van der Waals surface area contributed by atoms with Crippen molar-refractivity contribution in [3.63, 3.8) is 0 Å². The zero-order valence-electron chi connectivity index (χ0n) is 34.0. The molecule has 0 fully saturated rings. The van der Waals surface area contributed by atoms with E-state index in [9.17, 15) is 115 Å². The van der Waals surface area contributed by atoms with Crippen LogP contribution in [0.5, 0.6) is 0 Å². The third kappa shape index (κ3) is 47.1. The van der Waals surface area contributed by atoms with Crippen molar-refractivity contribution >= 4 is 60.8 Å². The van der Waals surface area contributed by atoms with Crippen molar-refractivity contribution < 1.29 is 588 Å². The van der Waals surface area contributed by atoms with Crippen LogP contribution in [-0.2, 0) is 36.5 Å². The van der Waals surface area contributed by atoms with E-state index in [1.165, 1.54) is 0 Å². The first kappa shape index (κ1) is 121. The predicted molar refractivity (Wildman–Crippen MR) is 89.4 cm³/mol. The fourth-order valence-electron chi connectivity index (χ4n) is 3.08. The van der Waals surface area contributed by atoms with E-state index in [-0.39, 0.29) is 473 Å². The molecule has 0 radical (unpaired) electrons. The molecule has 0 amide bonds. The second-order valence-corrected chi connectivity index (χ2v) is 21.4. The maximum Gasteiger partial charge on any atom is 1.00 e. The van der Waals surface area contributed by atoms with E-state index in [0.717, 1.165) is 0 Å². The molecule has 0 rings (SSSR count). The summed E-state index contributed by atoms with van der Waals surface area (Å²) in [5.74, 6) is 0. The molecule has 0 aliphatic carbocycles. The zero-order valence-corrected chi connectivity index (χ0v) is 73.1. The third-order valence-corrected chi connectivity index (χ3v) is 17.8. The van der Waals surface area contributed by atoms with E-state index < -0.39 is 106 Å². The molecule has 0 aromatic heterocycles. The Bertz CT molecular complexity index is 1060. The molecule has 0 aromatic carbocycles. The fourth-order valence-corrected chi connectivity index (χ4v) is 14.4. The predicted octanol–water partition coefficient (Wildman–Crippen LogP) is -61.9. The van der Waals surface area contributed by atoms with Gasteiger partial charge in [-0.2, -0.15) is 0 Å². The average Bonchev–Trinajstić information content (AvgIpc) is 2.48. The van der Waals surface area contributed by atoms with Crippen molar-refractivity contribution in [1.29, 1.82) is 0 Å². The summed E-state index contributed by atoms with van der Waals surface area (Å²) in [5, 5.41) is 0. The molecule has 56 heavy (non-hydrogen) atoms. The molecule has 0 aliphatic heterocycles. The van der Waals surface area contributed by atoms with E-state index >= 15 is 0 Å². The number of nitrogens with zero attached hydrogens (tertiary/aromatic N) is 2. The van der Waals surface area contributed by atoms with Gasteiger partial charge in [0.2, 0.25) is 0 Å². The molecular formula is C6H8N2Na16O24P8. The van der Waals surface area contributed by atoms with Gasteiger partial charge < -0.3 is 115 Å². The number of hydrogen-bond acceptors (Lipinski definition) is 26. The molecule has 0 bridgehead atoms. The SMILES string of the molecule is O=P([O-])([O-])C(N(CCN(C(P(=O)([O-])[O-])P(=O)([O-])[O-])C(P(=O)([O-])[O-])P(=O)([O-])[O-])C(P(=O)([O-])[O-])P(=O)([O-])[O-])P(=O)([O-])[O-].[Na+].[Na+].[Na+].[Na+].[Na+].[Na+].[Na+].[Na+].[Na+].[Na+].[Na+].[Na+].[Na+].[Na+].[Na+].[Na+]. The molecule has 0 aliphatic rings. The minimum atomic E-state index is -7.38. The van der Waals surface area contributed by atoms with E-state index in [1.54, 1.807) is 0 Å². The Kier molecular flexibility index (Phi) is 109. The molecule has 0 heterocycles. The van der Waals surface area contributed by atoms with Crippen molar-refractivity contribution in [1.82, 2.24) is 9.80 Å². The third-order valence-electron chi connectivity index (χ3n) is 4.07. The molecule has 0 saturated heterocycles. The van der Waals surface area contributed by atoms with E-state index in [0.29, 0.717) is 0 Å². The Labute approximate surface area is 675 Å². The monoisotopic (exact) mass is 1110 g/mol. The van der Waals surface area contributed by atoms with E-state index in [4.69, 9.17) is 0 Å². The van der Waals surface area contributed by atoms with Crippen molar-refractivity contribution in [3.8, 4) is 0 Å². The molecule has 0 saturated carbocycles. The van der Waals surface area contributed by atoms with Crippen LogP contribution >= 0.6 is 60.8 Å². The van der Waals surface area contributed by atoms with Gasteiger partial charge in [0.15, 0.2) is 0 Å². The molecule has 0 aromatic rings. The quantitative estimate of drug-likeness (QED) is 0.109. The van der Waals surface area contributed by atoms with Crippen molar-refractivity contribution in [3.05, 3.63) is 0 Å². The van der Waals surface area contributed by atoms with E-state index in [2.05, 4.69) is 0 Å². The van der Waals surface area contributed by atoms with Crippen LogP contribution in [0, 0.1) is 0 Å². The first-order valence-electron chi connectivity index (χ1n) is 8.61. The van der Waals surface area contributed by atoms with Crippen LogP contribution in [0.25, 0.3) is 0 Å². The first-order chi connectivity index (χ1) is 17.0. The van der Waals surface area contributed by atoms with Gasteiger partial charge in [-0.25, -0.2) is 0 Å². The molecule has 26 nitrogen and oxygen atoms in total. The Morgan fingerprint density at radius 2 is 0.304 bits per heavy atom. The second-order valence-electron chi connectivity index (χ2n) is 7.18. The number of rotatable bonds is 15. The Morgan fingerprint density at radius 3 is 0.357 bits per heavy atom. The summed E-state index contributed by atoms with van der Waals surface area (Å²) >= 11 is 0. The Morgan fingerprint density at radius 1 is 0.232 bits per heavy atom. The molecule has 242 valence electrons. The van der Waals surface area contributed by atoms with Crippen molar-refractivity contribution in [2.45, 2.75) is 22.1 Å². The minimum Gasteiger partial charge on any atom is -0.809 e. The maximum absolute atomic E-state index is 11.4. The van der Waals surface area contributed by atoms with Crippen LogP contribution in [0.15, 0.2) is 0 Å². The van der Waals surface area contributed by atoms with Gasteiger partial charge in [0.1, 0.15) is 0 Å². The van der Waals surface area contributed by atoms with Gasteiger partial charge in [0, 0.05) is 13.1 Å². The second kappa shape index (κ2) is 50.3. The van der Waals surface area contributed by atoms with Crippen LogP contribution in [0.4, 0.5) is 0 Å². The first-order valence-corrected chi connectivity index (χ1v) is 21.5. The van der Waals surface area contributed by atoms with Crippen molar-refractivity contribution in [2.75, 3.05) is 13.1 Å². The van der Waals surface area contributed by atoms with Crippen molar-refractivity contribution in [2.24, 2.45) is 0 Å². The Hall–Kier alpha value is 17.1. The summed E-state index contributed by atoms with van der Waals surface area (Å²) < 4.78 is 91.3. The van der Waals surface area contributed by atoms with Gasteiger partial charge in [0.05, 0.1) is 22.1 Å². The van der Waals surface area contributed by atoms with Gasteiger partial charge in [-0.15, -0.1) is 0 Å². The summed E-state index contributed by atoms with van der Waals surface area (Å²) in [4.78, 5) is 179. The van der Waals surface area contributed by atoms with Gasteiger partial charge in [-0.1, -0.05) is 0 Å². The standard InChI is InChI=1S/C6H24N2O24P8.16Na/c9-33(10,11)3(34(12,13)14)7(4(35(15,16)17)36(18,19)20)1-2-8(5(37(21,22)23)38(24,25)26)6(39(27,28)29)40(30,31)32;;;;;;;;;;;;;;;;/h3-6H,1-2H2,(H2,9,10,11)(H2,12,13,14)(H2,15,16,17)(H2,18,19,20)(H2,21,22,23)(H2,24,25,26)(H2,27,28,29)(H2,30,31,32);;;;;;;;;;;;;;;;/q;16*+1/p-16. The van der Waals surface area contributed by atoms with Crippen LogP contribution in [0.3, 0.4) is 0 Å². The topological polar surface area (TPSA) is 512 Å². The van der Waals surface area contributed by atoms with Crippen LogP contribution < -0.4 is 551 Å². The van der Waals surface area contributed by atoms with Crippen LogP contribution in [0.2, 0.25) is 0 Å². The van der Waals surface area contributed by atoms with Gasteiger partial charge in [-0.05, 0) is 60.8 Å². The summed E-state index contributed by atoms with van der Waals surface area (Å²) in [6.45, 7) is -5.62. The molecule has 0 spiro atoms. The molecular weight excluding hydrogens is 1100 g/mol. The average molecular weight is 1110 g/mol. The maximum atomic E-state index is 11.4. The largest absolute Gasteiger partial charge is 1.00 e. The van der Waals surface area contributed by atoms with Crippen LogP contribution in [0.1, 0.15) is 0 Å². The summed E-state index contributed by atoms with van der Waals surface area (Å²) in [6, 6.07) is 0. The zero-order chi connectivity index (χ0) is 32.9. The number of hydrogen-bond donors (Lipinski definition) is 0. The smallest absolute Gasteiger partial charge is 0.809 e. The fraction of sp³-hybridized carbons (Fsp3) is 1.00. The Balaban J connectivity index is -0.0000000634. The van der Waals surface area contributed by atoms with Gasteiger partial charge in [-0.3, -0.25) is 9.80 Å². The van der Waals surface area contributed by atoms with Gasteiger partial charge in [0.25, 0.3) is 0 Å². The van der Waals surface area contributed by atoms with Crippen LogP contribution in [-0.4, -0.2) is 45.0 Å². The van der Waals surface area contributed by atoms with Gasteiger partial charge >= 0.3 is 473 Å². The molecule has 0 unspecified atom stereocenters. The normalized spacial score (nSPS) is 11.3. The molecule has 50 heteroatoms. The summed E-state index contributed by atoms with van der Waals surface area (Å²) in [7, 11) is -59.0. The molecule has 0 atom stereocenters. The minimum absolute atomic E-state index is 0. The summed E-state index contributed by atoms with van der Waals surface area (Å²) in [6.07, 6.45) is 0. The van der Waals surface area contributed by atoms with E-state index in [1.807, 2.05) is 0 Å². The molecule has 0 N–H and O–H groups in total.